The first kappa shape index (κ1) is 18.0. The van der Waals surface area contributed by atoms with Crippen molar-refractivity contribution >= 4 is 6.03 Å². The molecule has 1 saturated heterocycles. The van der Waals surface area contributed by atoms with E-state index >= 15 is 0 Å². The molecule has 1 atom stereocenters. The van der Waals surface area contributed by atoms with Gasteiger partial charge in [0.2, 0.25) is 0 Å². The van der Waals surface area contributed by atoms with Crippen molar-refractivity contribution in [3.63, 3.8) is 0 Å². The van der Waals surface area contributed by atoms with Crippen LogP contribution in [-0.4, -0.2) is 48.6 Å². The van der Waals surface area contributed by atoms with Gasteiger partial charge < -0.3 is 10.2 Å². The molecule has 3 rings (SSSR count). The molecule has 2 aliphatic rings. The third-order valence-electron chi connectivity index (χ3n) is 5.54. The van der Waals surface area contributed by atoms with Crippen LogP contribution in [-0.2, 0) is 0 Å². The van der Waals surface area contributed by atoms with Gasteiger partial charge in [0.05, 0.1) is 0 Å². The third-order valence-corrected chi connectivity index (χ3v) is 5.54. The van der Waals surface area contributed by atoms with Crippen LogP contribution in [0.3, 0.4) is 0 Å². The lowest BCUT2D eigenvalue weighted by Crippen LogP contribution is -2.52. The molecule has 2 amide bonds. The predicted molar refractivity (Wildman–Crippen MR) is 103 cm³/mol. The predicted octanol–water partition coefficient (Wildman–Crippen LogP) is 3.97. The van der Waals surface area contributed by atoms with E-state index in [0.29, 0.717) is 6.04 Å². The number of nitrogens with zero attached hydrogens (tertiary/aromatic N) is 2. The topological polar surface area (TPSA) is 35.6 Å². The van der Waals surface area contributed by atoms with Crippen molar-refractivity contribution in [2.24, 2.45) is 0 Å². The Morgan fingerprint density at radius 2 is 1.88 bits per heavy atom. The molecule has 0 saturated carbocycles. The molecular formula is C21H31N3O. The van der Waals surface area contributed by atoms with Crippen molar-refractivity contribution in [2.45, 2.75) is 45.1 Å². The summed E-state index contributed by atoms with van der Waals surface area (Å²) in [7, 11) is 0. The summed E-state index contributed by atoms with van der Waals surface area (Å²) in [6, 6.07) is 11.1. The van der Waals surface area contributed by atoms with Crippen molar-refractivity contribution in [1.29, 1.82) is 0 Å². The van der Waals surface area contributed by atoms with E-state index in [0.717, 1.165) is 39.1 Å². The summed E-state index contributed by atoms with van der Waals surface area (Å²) < 4.78 is 0. The van der Waals surface area contributed by atoms with Crippen LogP contribution in [0.5, 0.6) is 0 Å². The lowest BCUT2D eigenvalue weighted by atomic mass is 9.97. The molecule has 4 nitrogen and oxygen atoms in total. The summed E-state index contributed by atoms with van der Waals surface area (Å²) in [5.74, 6) is 0. The molecular weight excluding hydrogens is 310 g/mol. The third kappa shape index (κ3) is 5.08. The van der Waals surface area contributed by atoms with Crippen LogP contribution in [0.25, 0.3) is 0 Å². The molecule has 0 spiro atoms. The number of urea groups is 1. The average molecular weight is 341 g/mol. The summed E-state index contributed by atoms with van der Waals surface area (Å²) in [6.07, 6.45) is 8.43. The quantitative estimate of drug-likeness (QED) is 0.823. The molecule has 0 bridgehead atoms. The zero-order chi connectivity index (χ0) is 17.5. The first-order valence-corrected chi connectivity index (χ1v) is 9.74. The number of hydrogen-bond acceptors (Lipinski definition) is 2. The lowest BCUT2D eigenvalue weighted by Gasteiger charge is -2.38. The Morgan fingerprint density at radius 1 is 1.12 bits per heavy atom. The average Bonchev–Trinajstić information content (AvgIpc) is 2.69. The highest BCUT2D eigenvalue weighted by atomic mass is 16.2. The number of carbonyl (C=O) groups excluding carboxylic acids is 1. The van der Waals surface area contributed by atoms with Crippen molar-refractivity contribution in [1.82, 2.24) is 15.1 Å². The molecule has 1 N–H and O–H groups in total. The molecule has 1 unspecified atom stereocenters. The number of rotatable bonds is 5. The monoisotopic (exact) mass is 341 g/mol. The van der Waals surface area contributed by atoms with Crippen molar-refractivity contribution in [2.75, 3.05) is 32.7 Å². The minimum absolute atomic E-state index is 0.100. The van der Waals surface area contributed by atoms with Crippen LogP contribution in [0.15, 0.2) is 42.0 Å². The van der Waals surface area contributed by atoms with Crippen molar-refractivity contribution in [3.8, 4) is 0 Å². The Balaban J connectivity index is 1.39. The number of nitrogens with one attached hydrogen (secondary N) is 1. The molecule has 0 aromatic heterocycles. The van der Waals surface area contributed by atoms with Crippen molar-refractivity contribution < 1.29 is 4.79 Å². The van der Waals surface area contributed by atoms with E-state index < -0.39 is 0 Å². The number of benzene rings is 1. The van der Waals surface area contributed by atoms with Gasteiger partial charge >= 0.3 is 6.03 Å². The van der Waals surface area contributed by atoms with Gasteiger partial charge in [-0.15, -0.1) is 0 Å². The van der Waals surface area contributed by atoms with Gasteiger partial charge in [0.1, 0.15) is 0 Å². The van der Waals surface area contributed by atoms with Gasteiger partial charge in [-0.1, -0.05) is 42.0 Å². The Bertz CT molecular complexity index is 576. The Labute approximate surface area is 151 Å². The van der Waals surface area contributed by atoms with Gasteiger partial charge in [-0.2, -0.15) is 0 Å². The van der Waals surface area contributed by atoms with Crippen molar-refractivity contribution in [3.05, 3.63) is 47.5 Å². The second-order valence-electron chi connectivity index (χ2n) is 7.20. The zero-order valence-corrected chi connectivity index (χ0v) is 15.4. The molecule has 136 valence electrons. The molecule has 1 aromatic carbocycles. The summed E-state index contributed by atoms with van der Waals surface area (Å²) >= 11 is 0. The van der Waals surface area contributed by atoms with Crippen LogP contribution in [0.4, 0.5) is 4.79 Å². The normalized spacial score (nSPS) is 20.0. The molecule has 1 aromatic rings. The molecule has 1 heterocycles. The number of piperazine rings is 1. The molecule has 1 aliphatic heterocycles. The Hall–Kier alpha value is -1.81. The second kappa shape index (κ2) is 9.04. The van der Waals surface area contributed by atoms with Crippen LogP contribution in [0.2, 0.25) is 0 Å². The summed E-state index contributed by atoms with van der Waals surface area (Å²) in [6.45, 7) is 6.52. The molecule has 0 radical (unpaired) electrons. The zero-order valence-electron chi connectivity index (χ0n) is 15.4. The minimum Gasteiger partial charge on any atom is -0.338 e. The number of amides is 2. The smallest absolute Gasteiger partial charge is 0.317 e. The largest absolute Gasteiger partial charge is 0.338 e. The lowest BCUT2D eigenvalue weighted by molar-refractivity contribution is 0.114. The van der Waals surface area contributed by atoms with E-state index in [2.05, 4.69) is 53.5 Å². The highest BCUT2D eigenvalue weighted by molar-refractivity contribution is 5.74. The number of carbonyl (C=O) groups is 1. The Morgan fingerprint density at radius 3 is 2.56 bits per heavy atom. The fourth-order valence-electron chi connectivity index (χ4n) is 3.83. The fourth-order valence-corrected chi connectivity index (χ4v) is 3.83. The van der Waals surface area contributed by atoms with E-state index in [9.17, 15) is 4.79 Å². The van der Waals surface area contributed by atoms with Crippen LogP contribution < -0.4 is 5.32 Å². The number of allylic oxidation sites excluding steroid dienone is 1. The second-order valence-corrected chi connectivity index (χ2v) is 7.20. The van der Waals surface area contributed by atoms with E-state index in [-0.39, 0.29) is 6.03 Å². The maximum absolute atomic E-state index is 12.4. The van der Waals surface area contributed by atoms with E-state index in [1.54, 1.807) is 0 Å². The van der Waals surface area contributed by atoms with Gasteiger partial charge in [-0.25, -0.2) is 4.79 Å². The minimum atomic E-state index is 0.100. The summed E-state index contributed by atoms with van der Waals surface area (Å²) in [5.41, 5.74) is 2.87. The van der Waals surface area contributed by atoms with Gasteiger partial charge in [0.15, 0.2) is 0 Å². The summed E-state index contributed by atoms with van der Waals surface area (Å²) in [4.78, 5) is 16.8. The molecule has 1 aliphatic carbocycles. The van der Waals surface area contributed by atoms with Gasteiger partial charge in [-0.05, 0) is 44.6 Å². The van der Waals surface area contributed by atoms with Gasteiger partial charge in [0.25, 0.3) is 0 Å². The van der Waals surface area contributed by atoms with Crippen LogP contribution in [0.1, 0.15) is 50.6 Å². The summed E-state index contributed by atoms with van der Waals surface area (Å²) in [5, 5.41) is 3.10. The molecule has 25 heavy (non-hydrogen) atoms. The van der Waals surface area contributed by atoms with Crippen LogP contribution >= 0.6 is 0 Å². The van der Waals surface area contributed by atoms with Gasteiger partial charge in [-0.3, -0.25) is 4.90 Å². The molecule has 4 heteroatoms. The standard InChI is InChI=1S/C21H31N3O/c1-18(20-10-6-3-7-11-20)23-14-16-24(17-15-23)21(25)22-13-12-19-8-4-2-5-9-19/h3,6-8,10-11,18H,2,4-5,9,12-17H2,1H3,(H,22,25). The Kier molecular flexibility index (Phi) is 6.51. The van der Waals surface area contributed by atoms with E-state index in [4.69, 9.17) is 0 Å². The van der Waals surface area contributed by atoms with E-state index in [1.165, 1.54) is 36.8 Å². The maximum Gasteiger partial charge on any atom is 0.317 e. The van der Waals surface area contributed by atoms with Crippen LogP contribution in [0, 0.1) is 0 Å². The molecule has 1 fully saturated rings. The first-order chi connectivity index (χ1) is 12.2. The highest BCUT2D eigenvalue weighted by Gasteiger charge is 2.24. The fraction of sp³-hybridized carbons (Fsp3) is 0.571. The highest BCUT2D eigenvalue weighted by Crippen LogP contribution is 2.21. The maximum atomic E-state index is 12.4. The van der Waals surface area contributed by atoms with E-state index in [1.807, 2.05) is 4.90 Å². The first-order valence-electron chi connectivity index (χ1n) is 9.74. The number of hydrogen-bond donors (Lipinski definition) is 1. The SMILES string of the molecule is CC(c1ccccc1)N1CCN(C(=O)NCCC2=CCCCC2)CC1. The van der Waals surface area contributed by atoms with Gasteiger partial charge in [0, 0.05) is 38.8 Å².